The molecule has 1 heterocycles. The van der Waals surface area contributed by atoms with E-state index in [9.17, 15) is 4.39 Å². The molecule has 16 heavy (non-hydrogen) atoms. The van der Waals surface area contributed by atoms with E-state index < -0.39 is 0 Å². The molecule has 2 rings (SSSR count). The molecule has 0 spiro atoms. The van der Waals surface area contributed by atoms with Crippen LogP contribution in [-0.4, -0.2) is 37.8 Å². The fraction of sp³-hybridized carbons (Fsp3) is 0.500. The molecule has 0 unspecified atom stereocenters. The van der Waals surface area contributed by atoms with Gasteiger partial charge in [0.25, 0.3) is 0 Å². The number of piperazine rings is 1. The summed E-state index contributed by atoms with van der Waals surface area (Å²) in [7, 11) is 0. The molecule has 1 atom stereocenters. The Morgan fingerprint density at radius 2 is 2.00 bits per heavy atom. The van der Waals surface area contributed by atoms with Gasteiger partial charge in [-0.1, -0.05) is 29.8 Å². The van der Waals surface area contributed by atoms with Gasteiger partial charge in [0.2, 0.25) is 0 Å². The van der Waals surface area contributed by atoms with E-state index in [4.69, 9.17) is 11.6 Å². The van der Waals surface area contributed by atoms with Gasteiger partial charge in [0.15, 0.2) is 0 Å². The number of alkyl halides is 1. The van der Waals surface area contributed by atoms with Crippen molar-refractivity contribution >= 4 is 11.6 Å². The first kappa shape index (κ1) is 11.8. The quantitative estimate of drug-likeness (QED) is 0.875. The monoisotopic (exact) mass is 242 g/mol. The zero-order valence-corrected chi connectivity index (χ0v) is 9.88. The second-order valence-electron chi connectivity index (χ2n) is 3.98. The molecule has 0 bridgehead atoms. The van der Waals surface area contributed by atoms with Crippen LogP contribution in [0.4, 0.5) is 4.39 Å². The number of halogens is 2. The summed E-state index contributed by atoms with van der Waals surface area (Å²) in [5.41, 5.74) is 0.897. The molecule has 2 nitrogen and oxygen atoms in total. The van der Waals surface area contributed by atoms with Crippen LogP contribution >= 0.6 is 11.6 Å². The van der Waals surface area contributed by atoms with Gasteiger partial charge >= 0.3 is 0 Å². The lowest BCUT2D eigenvalue weighted by Crippen LogP contribution is -2.45. The number of hydrogen-bond donors (Lipinski definition) is 1. The van der Waals surface area contributed by atoms with Crippen LogP contribution in [0.1, 0.15) is 11.6 Å². The highest BCUT2D eigenvalue weighted by Gasteiger charge is 2.23. The highest BCUT2D eigenvalue weighted by molar-refractivity contribution is 6.31. The van der Waals surface area contributed by atoms with Gasteiger partial charge in [-0.15, -0.1) is 0 Å². The molecule has 4 heteroatoms. The van der Waals surface area contributed by atoms with E-state index in [0.717, 1.165) is 31.7 Å². The van der Waals surface area contributed by atoms with Crippen molar-refractivity contribution < 1.29 is 4.39 Å². The molecular weight excluding hydrogens is 227 g/mol. The first-order chi connectivity index (χ1) is 7.83. The Kier molecular flexibility index (Phi) is 4.16. The minimum absolute atomic E-state index is 0.198. The molecule has 0 amide bonds. The Morgan fingerprint density at radius 1 is 1.31 bits per heavy atom. The maximum Gasteiger partial charge on any atom is 0.109 e. The van der Waals surface area contributed by atoms with E-state index in [0.29, 0.717) is 5.02 Å². The molecule has 1 aliphatic heterocycles. The van der Waals surface area contributed by atoms with E-state index in [1.54, 1.807) is 0 Å². The first-order valence-corrected chi connectivity index (χ1v) is 5.96. The molecule has 88 valence electrons. The molecule has 1 aliphatic rings. The molecule has 1 aromatic rings. The molecule has 1 fully saturated rings. The van der Waals surface area contributed by atoms with Gasteiger partial charge < -0.3 is 5.32 Å². The van der Waals surface area contributed by atoms with E-state index in [1.165, 1.54) is 0 Å². The summed E-state index contributed by atoms with van der Waals surface area (Å²) in [6.45, 7) is 3.20. The predicted molar refractivity (Wildman–Crippen MR) is 64.6 cm³/mol. The van der Waals surface area contributed by atoms with E-state index in [2.05, 4.69) is 10.2 Å². The summed E-state index contributed by atoms with van der Waals surface area (Å²) in [5.74, 6) is 0. The second-order valence-corrected chi connectivity index (χ2v) is 4.38. The number of nitrogens with zero attached hydrogens (tertiary/aromatic N) is 1. The van der Waals surface area contributed by atoms with Crippen LogP contribution in [0.25, 0.3) is 0 Å². The van der Waals surface area contributed by atoms with Crippen molar-refractivity contribution in [1.29, 1.82) is 0 Å². The van der Waals surface area contributed by atoms with Crippen molar-refractivity contribution in [1.82, 2.24) is 10.2 Å². The lowest BCUT2D eigenvalue weighted by atomic mass is 10.1. The first-order valence-electron chi connectivity index (χ1n) is 5.58. The maximum absolute atomic E-state index is 13.2. The molecule has 0 saturated carbocycles. The SMILES string of the molecule is FC[C@@H](c1ccccc1Cl)N1CCNCC1. The largest absolute Gasteiger partial charge is 0.314 e. The minimum Gasteiger partial charge on any atom is -0.314 e. The lowest BCUT2D eigenvalue weighted by Gasteiger charge is -2.34. The topological polar surface area (TPSA) is 15.3 Å². The average molecular weight is 243 g/mol. The van der Waals surface area contributed by atoms with Crippen molar-refractivity contribution in [2.24, 2.45) is 0 Å². The lowest BCUT2D eigenvalue weighted by molar-refractivity contribution is 0.147. The van der Waals surface area contributed by atoms with Gasteiger partial charge in [-0.3, -0.25) is 4.90 Å². The summed E-state index contributed by atoms with van der Waals surface area (Å²) >= 11 is 6.11. The molecule has 1 saturated heterocycles. The van der Waals surface area contributed by atoms with Crippen molar-refractivity contribution in [2.45, 2.75) is 6.04 Å². The molecule has 1 N–H and O–H groups in total. The zero-order valence-electron chi connectivity index (χ0n) is 9.13. The van der Waals surface area contributed by atoms with Crippen LogP contribution in [0.5, 0.6) is 0 Å². The summed E-state index contributed by atoms with van der Waals surface area (Å²) in [6.07, 6.45) is 0. The van der Waals surface area contributed by atoms with Gasteiger partial charge in [0, 0.05) is 31.2 Å². The Labute approximate surface area is 100 Å². The van der Waals surface area contributed by atoms with Gasteiger partial charge in [0.05, 0.1) is 6.04 Å². The van der Waals surface area contributed by atoms with Crippen molar-refractivity contribution in [2.75, 3.05) is 32.9 Å². The molecule has 1 aromatic carbocycles. The van der Waals surface area contributed by atoms with E-state index in [1.807, 2.05) is 24.3 Å². The van der Waals surface area contributed by atoms with Crippen LogP contribution in [0.3, 0.4) is 0 Å². The number of rotatable bonds is 3. The fourth-order valence-corrected chi connectivity index (χ4v) is 2.38. The summed E-state index contributed by atoms with van der Waals surface area (Å²) in [6, 6.07) is 7.32. The average Bonchev–Trinajstić information content (AvgIpc) is 2.34. The molecule has 0 aliphatic carbocycles. The Bertz CT molecular complexity index is 340. The Hall–Kier alpha value is -0.640. The van der Waals surface area contributed by atoms with Crippen LogP contribution in [0.15, 0.2) is 24.3 Å². The third-order valence-corrected chi connectivity index (χ3v) is 3.35. The second kappa shape index (κ2) is 5.62. The highest BCUT2D eigenvalue weighted by atomic mass is 35.5. The molecule has 0 radical (unpaired) electrons. The van der Waals surface area contributed by atoms with Crippen LogP contribution in [0, 0.1) is 0 Å². The Morgan fingerprint density at radius 3 is 2.62 bits per heavy atom. The van der Waals surface area contributed by atoms with E-state index >= 15 is 0 Å². The van der Waals surface area contributed by atoms with Crippen LogP contribution in [0.2, 0.25) is 5.02 Å². The summed E-state index contributed by atoms with van der Waals surface area (Å²) in [4.78, 5) is 2.15. The van der Waals surface area contributed by atoms with Crippen molar-refractivity contribution in [3.63, 3.8) is 0 Å². The number of nitrogens with one attached hydrogen (secondary N) is 1. The zero-order chi connectivity index (χ0) is 11.4. The molecular formula is C12H16ClFN2. The standard InChI is InChI=1S/C12H16ClFN2/c13-11-4-2-1-3-10(11)12(9-14)16-7-5-15-6-8-16/h1-4,12,15H,5-9H2/t12-/m0/s1. The van der Waals surface area contributed by atoms with Gasteiger partial charge in [-0.25, -0.2) is 4.39 Å². The predicted octanol–water partition coefficient (Wildman–Crippen LogP) is 2.26. The maximum atomic E-state index is 13.2. The van der Waals surface area contributed by atoms with Crippen LogP contribution < -0.4 is 5.32 Å². The number of benzene rings is 1. The smallest absolute Gasteiger partial charge is 0.109 e. The normalized spacial score (nSPS) is 19.6. The van der Waals surface area contributed by atoms with Crippen molar-refractivity contribution in [3.05, 3.63) is 34.9 Å². The fourth-order valence-electron chi connectivity index (χ4n) is 2.12. The van der Waals surface area contributed by atoms with Gasteiger partial charge in [-0.05, 0) is 11.6 Å². The Balaban J connectivity index is 2.18. The van der Waals surface area contributed by atoms with Crippen molar-refractivity contribution in [3.8, 4) is 0 Å². The van der Waals surface area contributed by atoms with Gasteiger partial charge in [0.1, 0.15) is 6.67 Å². The number of hydrogen-bond acceptors (Lipinski definition) is 2. The van der Waals surface area contributed by atoms with E-state index in [-0.39, 0.29) is 12.7 Å². The van der Waals surface area contributed by atoms with Gasteiger partial charge in [-0.2, -0.15) is 0 Å². The summed E-state index contributed by atoms with van der Waals surface area (Å²) < 4.78 is 13.2. The van der Waals surface area contributed by atoms with Crippen LogP contribution in [-0.2, 0) is 0 Å². The minimum atomic E-state index is -0.385. The summed E-state index contributed by atoms with van der Waals surface area (Å²) in [5, 5.41) is 3.92. The third-order valence-electron chi connectivity index (χ3n) is 3.00. The highest BCUT2D eigenvalue weighted by Crippen LogP contribution is 2.27. The third kappa shape index (κ3) is 2.54. The molecule has 0 aromatic heterocycles.